The Hall–Kier alpha value is -0.210. The Morgan fingerprint density at radius 3 is 2.50 bits per heavy atom. The van der Waals surface area contributed by atoms with Crippen molar-refractivity contribution >= 4 is 23.2 Å². The van der Waals surface area contributed by atoms with Crippen molar-refractivity contribution in [3.63, 3.8) is 0 Å². The van der Waals surface area contributed by atoms with Crippen molar-refractivity contribution in [2.24, 2.45) is 7.05 Å². The minimum absolute atomic E-state index is 0.251. The van der Waals surface area contributed by atoms with E-state index in [9.17, 15) is 0 Å². The smallest absolute Gasteiger partial charge is 0.0849 e. The molecule has 0 saturated heterocycles. The van der Waals surface area contributed by atoms with E-state index in [2.05, 4.69) is 18.9 Å². The number of halogens is 2. The van der Waals surface area contributed by atoms with Gasteiger partial charge < -0.3 is 0 Å². The first-order chi connectivity index (χ1) is 7.60. The van der Waals surface area contributed by atoms with Crippen LogP contribution in [-0.4, -0.2) is 15.2 Å². The maximum atomic E-state index is 6.26. The van der Waals surface area contributed by atoms with Gasteiger partial charge >= 0.3 is 0 Å². The van der Waals surface area contributed by atoms with Crippen molar-refractivity contribution in [3.05, 3.63) is 16.4 Å². The van der Waals surface area contributed by atoms with Gasteiger partial charge in [0.1, 0.15) is 0 Å². The Bertz CT molecular complexity index is 334. The lowest BCUT2D eigenvalue weighted by Gasteiger charge is -2.08. The Kier molecular flexibility index (Phi) is 5.63. The largest absolute Gasteiger partial charge is 0.271 e. The van der Waals surface area contributed by atoms with Gasteiger partial charge in [-0.3, -0.25) is 4.68 Å². The van der Waals surface area contributed by atoms with Crippen molar-refractivity contribution in [3.8, 4) is 0 Å². The Labute approximate surface area is 108 Å². The number of aromatic nitrogens is 2. The molecule has 0 N–H and O–H groups in total. The van der Waals surface area contributed by atoms with E-state index in [0.717, 1.165) is 48.5 Å². The Morgan fingerprint density at radius 1 is 1.31 bits per heavy atom. The van der Waals surface area contributed by atoms with Gasteiger partial charge in [0.05, 0.1) is 16.4 Å². The molecule has 1 aromatic heterocycles. The molecule has 1 aromatic rings. The molecule has 92 valence electrons. The highest BCUT2D eigenvalue weighted by molar-refractivity contribution is 6.31. The Morgan fingerprint density at radius 2 is 2.00 bits per heavy atom. The van der Waals surface area contributed by atoms with Gasteiger partial charge in [-0.15, -0.1) is 11.6 Å². The van der Waals surface area contributed by atoms with E-state index in [1.807, 2.05) is 11.7 Å². The van der Waals surface area contributed by atoms with Crippen LogP contribution < -0.4 is 0 Å². The first kappa shape index (κ1) is 13.9. The summed E-state index contributed by atoms with van der Waals surface area (Å²) < 4.78 is 1.89. The summed E-state index contributed by atoms with van der Waals surface area (Å²) in [5, 5.41) is 5.47. The third-order valence-electron chi connectivity index (χ3n) is 2.80. The topological polar surface area (TPSA) is 17.8 Å². The van der Waals surface area contributed by atoms with E-state index in [-0.39, 0.29) is 5.38 Å². The zero-order valence-corrected chi connectivity index (χ0v) is 11.8. The molecule has 16 heavy (non-hydrogen) atoms. The molecule has 1 heterocycles. The molecule has 0 aromatic carbocycles. The van der Waals surface area contributed by atoms with Crippen LogP contribution in [0.1, 0.15) is 44.5 Å². The number of aryl methyl sites for hydroxylation is 2. The van der Waals surface area contributed by atoms with E-state index in [0.29, 0.717) is 0 Å². The van der Waals surface area contributed by atoms with E-state index in [1.165, 1.54) is 0 Å². The van der Waals surface area contributed by atoms with Gasteiger partial charge in [0.25, 0.3) is 0 Å². The van der Waals surface area contributed by atoms with Crippen molar-refractivity contribution in [2.45, 2.75) is 51.3 Å². The summed E-state index contributed by atoms with van der Waals surface area (Å²) >= 11 is 12.5. The normalized spacial score (nSPS) is 13.1. The predicted octanol–water partition coefficient (Wildman–Crippen LogP) is 3.98. The molecule has 1 unspecified atom stereocenters. The molecule has 2 nitrogen and oxygen atoms in total. The van der Waals surface area contributed by atoms with Gasteiger partial charge in [0.2, 0.25) is 0 Å². The predicted molar refractivity (Wildman–Crippen MR) is 70.5 cm³/mol. The number of hydrogen-bond donors (Lipinski definition) is 0. The fourth-order valence-corrected chi connectivity index (χ4v) is 2.56. The second-order valence-electron chi connectivity index (χ2n) is 4.11. The fraction of sp³-hybridized carbons (Fsp3) is 0.750. The molecule has 0 aliphatic heterocycles. The van der Waals surface area contributed by atoms with Gasteiger partial charge in [-0.1, -0.05) is 31.9 Å². The van der Waals surface area contributed by atoms with Gasteiger partial charge in [0.15, 0.2) is 0 Å². The lowest BCUT2D eigenvalue weighted by molar-refractivity contribution is 0.634. The summed E-state index contributed by atoms with van der Waals surface area (Å²) in [5.41, 5.74) is 2.10. The molecular weight excluding hydrogens is 243 g/mol. The molecule has 0 aliphatic carbocycles. The first-order valence-corrected chi connectivity index (χ1v) is 6.75. The summed E-state index contributed by atoms with van der Waals surface area (Å²) in [5.74, 6) is 0. The summed E-state index contributed by atoms with van der Waals surface area (Å²) in [6.45, 7) is 4.22. The minimum atomic E-state index is 0.251. The van der Waals surface area contributed by atoms with Gasteiger partial charge in [-0.25, -0.2) is 0 Å². The molecule has 0 aliphatic rings. The second kappa shape index (κ2) is 6.51. The lowest BCUT2D eigenvalue weighted by atomic mass is 10.1. The van der Waals surface area contributed by atoms with Crippen LogP contribution in [0.25, 0.3) is 0 Å². The number of alkyl halides is 1. The molecule has 0 saturated carbocycles. The van der Waals surface area contributed by atoms with Crippen LogP contribution in [0.5, 0.6) is 0 Å². The fourth-order valence-electron chi connectivity index (χ4n) is 1.84. The van der Waals surface area contributed by atoms with Crippen LogP contribution >= 0.6 is 23.2 Å². The van der Waals surface area contributed by atoms with E-state index < -0.39 is 0 Å². The molecule has 0 bridgehead atoms. The van der Waals surface area contributed by atoms with Gasteiger partial charge in [0, 0.05) is 12.4 Å². The van der Waals surface area contributed by atoms with Crippen molar-refractivity contribution in [2.75, 3.05) is 0 Å². The van der Waals surface area contributed by atoms with Crippen LogP contribution in [0.4, 0.5) is 0 Å². The van der Waals surface area contributed by atoms with Gasteiger partial charge in [-0.2, -0.15) is 5.10 Å². The van der Waals surface area contributed by atoms with E-state index in [1.54, 1.807) is 0 Å². The average molecular weight is 263 g/mol. The zero-order valence-electron chi connectivity index (χ0n) is 10.3. The summed E-state index contributed by atoms with van der Waals surface area (Å²) in [7, 11) is 1.95. The number of nitrogens with zero attached hydrogens (tertiary/aromatic N) is 2. The van der Waals surface area contributed by atoms with Gasteiger partial charge in [-0.05, 0) is 25.7 Å². The SMILES string of the molecule is CCCC(Cl)CCc1c(Cl)c(CC)nn1C. The average Bonchev–Trinajstić information content (AvgIpc) is 2.52. The summed E-state index contributed by atoms with van der Waals surface area (Å²) in [6.07, 6.45) is 4.96. The number of hydrogen-bond acceptors (Lipinski definition) is 1. The maximum absolute atomic E-state index is 6.26. The maximum Gasteiger partial charge on any atom is 0.0849 e. The minimum Gasteiger partial charge on any atom is -0.271 e. The third-order valence-corrected chi connectivity index (χ3v) is 3.67. The highest BCUT2D eigenvalue weighted by Gasteiger charge is 2.14. The monoisotopic (exact) mass is 262 g/mol. The quantitative estimate of drug-likeness (QED) is 0.710. The molecule has 4 heteroatoms. The van der Waals surface area contributed by atoms with Crippen LogP contribution in [0.15, 0.2) is 0 Å². The van der Waals surface area contributed by atoms with Crippen LogP contribution in [0, 0.1) is 0 Å². The van der Waals surface area contributed by atoms with Crippen molar-refractivity contribution < 1.29 is 0 Å². The van der Waals surface area contributed by atoms with E-state index in [4.69, 9.17) is 23.2 Å². The van der Waals surface area contributed by atoms with E-state index >= 15 is 0 Å². The molecular formula is C12H20Cl2N2. The van der Waals surface area contributed by atoms with Crippen molar-refractivity contribution in [1.82, 2.24) is 9.78 Å². The highest BCUT2D eigenvalue weighted by atomic mass is 35.5. The molecule has 0 radical (unpaired) electrons. The third kappa shape index (κ3) is 3.39. The molecule has 1 rings (SSSR count). The number of rotatable bonds is 6. The second-order valence-corrected chi connectivity index (χ2v) is 5.10. The lowest BCUT2D eigenvalue weighted by Crippen LogP contribution is -2.04. The molecule has 0 fully saturated rings. The Balaban J connectivity index is 2.63. The van der Waals surface area contributed by atoms with Crippen LogP contribution in [-0.2, 0) is 19.9 Å². The molecule has 0 spiro atoms. The van der Waals surface area contributed by atoms with Crippen molar-refractivity contribution in [1.29, 1.82) is 0 Å². The van der Waals surface area contributed by atoms with Crippen LogP contribution in [0.2, 0.25) is 5.02 Å². The first-order valence-electron chi connectivity index (χ1n) is 5.94. The molecule has 0 amide bonds. The highest BCUT2D eigenvalue weighted by Crippen LogP contribution is 2.23. The zero-order chi connectivity index (χ0) is 12.1. The summed E-state index contributed by atoms with van der Waals surface area (Å²) in [4.78, 5) is 0. The summed E-state index contributed by atoms with van der Waals surface area (Å²) in [6, 6.07) is 0. The molecule has 1 atom stereocenters. The van der Waals surface area contributed by atoms with Crippen LogP contribution in [0.3, 0.4) is 0 Å². The standard InChI is InChI=1S/C12H20Cl2N2/c1-4-6-9(13)7-8-11-12(14)10(5-2)15-16(11)3/h9H,4-8H2,1-3H3.